The van der Waals surface area contributed by atoms with Crippen molar-refractivity contribution in [3.63, 3.8) is 0 Å². The van der Waals surface area contributed by atoms with E-state index < -0.39 is 0 Å². The first kappa shape index (κ1) is 16.3. The van der Waals surface area contributed by atoms with Gasteiger partial charge in [-0.3, -0.25) is 0 Å². The fourth-order valence-corrected chi connectivity index (χ4v) is 1.86. The predicted octanol–water partition coefficient (Wildman–Crippen LogP) is 2.22. The van der Waals surface area contributed by atoms with E-state index in [1.807, 2.05) is 0 Å². The maximum Gasteiger partial charge on any atom is 0.181 e. The second kappa shape index (κ2) is 8.23. The molecule has 1 aliphatic carbocycles. The zero-order valence-electron chi connectivity index (χ0n) is 10.2. The van der Waals surface area contributed by atoms with Gasteiger partial charge in [0.25, 0.3) is 0 Å². The Balaban J connectivity index is 0. The van der Waals surface area contributed by atoms with E-state index >= 15 is 0 Å². The van der Waals surface area contributed by atoms with Gasteiger partial charge in [-0.15, -0.1) is 0 Å². The molecule has 0 aromatic carbocycles. The van der Waals surface area contributed by atoms with Crippen LogP contribution < -0.4 is 6.15 Å². The Morgan fingerprint density at radius 1 is 0.933 bits per heavy atom. The Labute approximate surface area is 93.3 Å². The smallest absolute Gasteiger partial charge is 0.181 e. The van der Waals surface area contributed by atoms with Crippen molar-refractivity contribution in [2.24, 2.45) is 0 Å². The summed E-state index contributed by atoms with van der Waals surface area (Å²) in [5.74, 6) is 0. The molecule has 0 atom stereocenters. The first-order valence-corrected chi connectivity index (χ1v) is 5.11. The number of quaternary nitrogens is 1. The molecule has 0 aromatic heterocycles. The van der Waals surface area contributed by atoms with Gasteiger partial charge in [0.2, 0.25) is 0 Å². The molecule has 15 heavy (non-hydrogen) atoms. The van der Waals surface area contributed by atoms with Crippen LogP contribution in [0.5, 0.6) is 0 Å². The molecule has 0 aromatic rings. The fraction of sp³-hybridized carbons (Fsp3) is 0.818. The van der Waals surface area contributed by atoms with Crippen LogP contribution in [0.4, 0.5) is 0 Å². The monoisotopic (exact) mass is 211 g/mol. The van der Waals surface area contributed by atoms with E-state index in [1.54, 1.807) is 0 Å². The van der Waals surface area contributed by atoms with Gasteiger partial charge in [0, 0.05) is 0 Å². The van der Waals surface area contributed by atoms with Crippen LogP contribution in [0.15, 0.2) is 0 Å². The van der Waals surface area contributed by atoms with Crippen LogP contribution in [0.2, 0.25) is 0 Å². The number of rotatable bonds is 1. The predicted molar refractivity (Wildman–Crippen MR) is 61.2 cm³/mol. The summed E-state index contributed by atoms with van der Waals surface area (Å²) in [6.07, 6.45) is 7.28. The van der Waals surface area contributed by atoms with Crippen molar-refractivity contribution in [1.82, 2.24) is 6.15 Å². The van der Waals surface area contributed by atoms with E-state index in [1.165, 1.54) is 48.7 Å². The Morgan fingerprint density at radius 2 is 1.33 bits per heavy atom. The molecule has 3 N–H and O–H groups in total. The SMILES string of the molecule is C[N+](C)(C)C1CCCCC1.N.N#CC#N. The molecule has 0 heterocycles. The van der Waals surface area contributed by atoms with Crippen LogP contribution >= 0.6 is 0 Å². The Hall–Kier alpha value is -1.10. The zero-order chi connectivity index (χ0) is 11.0. The molecule has 86 valence electrons. The van der Waals surface area contributed by atoms with Crippen molar-refractivity contribution in [2.75, 3.05) is 21.1 Å². The minimum absolute atomic E-state index is 0. The third-order valence-electron chi connectivity index (χ3n) is 2.72. The molecule has 1 fully saturated rings. The fourth-order valence-electron chi connectivity index (χ4n) is 1.86. The lowest BCUT2D eigenvalue weighted by Crippen LogP contribution is -2.45. The van der Waals surface area contributed by atoms with E-state index in [4.69, 9.17) is 10.5 Å². The van der Waals surface area contributed by atoms with Crippen molar-refractivity contribution < 1.29 is 4.48 Å². The highest BCUT2D eigenvalue weighted by molar-refractivity contribution is 4.99. The average molecular weight is 211 g/mol. The molecule has 0 aliphatic heterocycles. The number of nitrogens with zero attached hydrogens (tertiary/aromatic N) is 3. The van der Waals surface area contributed by atoms with Crippen LogP contribution in [0.1, 0.15) is 32.1 Å². The third kappa shape index (κ3) is 7.93. The zero-order valence-corrected chi connectivity index (χ0v) is 10.2. The van der Waals surface area contributed by atoms with Gasteiger partial charge in [-0.25, -0.2) is 0 Å². The van der Waals surface area contributed by atoms with Gasteiger partial charge in [0.05, 0.1) is 27.2 Å². The molecule has 0 spiro atoms. The topological polar surface area (TPSA) is 82.6 Å². The molecule has 1 aliphatic rings. The summed E-state index contributed by atoms with van der Waals surface area (Å²) in [5.41, 5.74) is 0. The van der Waals surface area contributed by atoms with E-state index in [2.05, 4.69) is 21.1 Å². The molecule has 0 saturated heterocycles. The minimum atomic E-state index is 0. The van der Waals surface area contributed by atoms with Gasteiger partial charge in [-0.05, 0) is 25.7 Å². The Morgan fingerprint density at radius 3 is 1.53 bits per heavy atom. The Kier molecular flexibility index (Phi) is 8.96. The van der Waals surface area contributed by atoms with Crippen LogP contribution in [-0.4, -0.2) is 31.7 Å². The van der Waals surface area contributed by atoms with Crippen LogP contribution in [0, 0.1) is 22.7 Å². The van der Waals surface area contributed by atoms with E-state index in [9.17, 15) is 0 Å². The second-order valence-corrected chi connectivity index (χ2v) is 4.63. The highest BCUT2D eigenvalue weighted by Crippen LogP contribution is 2.23. The summed E-state index contributed by atoms with van der Waals surface area (Å²) in [5, 5.41) is 14.5. The van der Waals surface area contributed by atoms with Crippen LogP contribution in [0.25, 0.3) is 0 Å². The van der Waals surface area contributed by atoms with Gasteiger partial charge < -0.3 is 10.6 Å². The summed E-state index contributed by atoms with van der Waals surface area (Å²) < 4.78 is 1.17. The lowest BCUT2D eigenvalue weighted by Gasteiger charge is -2.36. The molecular formula is C11H23N4+. The highest BCUT2D eigenvalue weighted by atomic mass is 15.3. The van der Waals surface area contributed by atoms with E-state index in [0.717, 1.165) is 6.04 Å². The molecule has 1 rings (SSSR count). The van der Waals surface area contributed by atoms with Crippen LogP contribution in [0.3, 0.4) is 0 Å². The van der Waals surface area contributed by atoms with Gasteiger partial charge in [0.1, 0.15) is 0 Å². The number of nitriles is 2. The molecule has 0 bridgehead atoms. The van der Waals surface area contributed by atoms with Crippen molar-refractivity contribution >= 4 is 0 Å². The largest absolute Gasteiger partial charge is 0.344 e. The first-order chi connectivity index (χ1) is 6.52. The summed E-state index contributed by atoms with van der Waals surface area (Å²) in [6, 6.07) is 3.41. The van der Waals surface area contributed by atoms with E-state index in [-0.39, 0.29) is 6.15 Å². The minimum Gasteiger partial charge on any atom is -0.344 e. The number of hydrogen-bond acceptors (Lipinski definition) is 3. The summed E-state index contributed by atoms with van der Waals surface area (Å²) in [6.45, 7) is 0. The molecular weight excluding hydrogens is 188 g/mol. The maximum atomic E-state index is 7.26. The van der Waals surface area contributed by atoms with Crippen molar-refractivity contribution in [3.8, 4) is 12.1 Å². The normalized spacial score (nSPS) is 16.1. The lowest BCUT2D eigenvalue weighted by molar-refractivity contribution is -0.897. The molecule has 0 amide bonds. The third-order valence-corrected chi connectivity index (χ3v) is 2.72. The highest BCUT2D eigenvalue weighted by Gasteiger charge is 2.24. The molecule has 1 saturated carbocycles. The summed E-state index contributed by atoms with van der Waals surface area (Å²) >= 11 is 0. The Bertz CT molecular complexity index is 210. The number of hydrogen-bond donors (Lipinski definition) is 1. The van der Waals surface area contributed by atoms with Crippen LogP contribution in [-0.2, 0) is 0 Å². The average Bonchev–Trinajstić information content (AvgIpc) is 2.18. The van der Waals surface area contributed by atoms with Crippen molar-refractivity contribution in [1.29, 1.82) is 10.5 Å². The van der Waals surface area contributed by atoms with Crippen molar-refractivity contribution in [3.05, 3.63) is 0 Å². The second-order valence-electron chi connectivity index (χ2n) is 4.63. The van der Waals surface area contributed by atoms with E-state index in [0.29, 0.717) is 0 Å². The maximum absolute atomic E-state index is 7.26. The van der Waals surface area contributed by atoms with Gasteiger partial charge in [-0.1, -0.05) is 6.42 Å². The van der Waals surface area contributed by atoms with Gasteiger partial charge in [0.15, 0.2) is 12.1 Å². The van der Waals surface area contributed by atoms with Gasteiger partial charge >= 0.3 is 0 Å². The lowest BCUT2D eigenvalue weighted by atomic mass is 9.94. The molecule has 0 radical (unpaired) electrons. The molecule has 4 heteroatoms. The quantitative estimate of drug-likeness (QED) is 0.675. The molecule has 4 nitrogen and oxygen atoms in total. The first-order valence-electron chi connectivity index (χ1n) is 5.11. The van der Waals surface area contributed by atoms with Gasteiger partial charge in [-0.2, -0.15) is 10.5 Å². The standard InChI is InChI=1S/C9H20N.C2N2.H3N/c1-10(2,3)9-7-5-4-6-8-9;3-1-2-4;/h9H,4-8H2,1-3H3;;1H3/q+1;;. The molecule has 0 unspecified atom stereocenters. The summed E-state index contributed by atoms with van der Waals surface area (Å²) in [4.78, 5) is 0. The summed E-state index contributed by atoms with van der Waals surface area (Å²) in [7, 11) is 6.95. The van der Waals surface area contributed by atoms with Crippen molar-refractivity contribution in [2.45, 2.75) is 38.1 Å².